The lowest BCUT2D eigenvalue weighted by molar-refractivity contribution is -0.170. The zero-order valence-electron chi connectivity index (χ0n) is 13.3. The third-order valence-corrected chi connectivity index (χ3v) is 4.36. The quantitative estimate of drug-likeness (QED) is 0.418. The van der Waals surface area contributed by atoms with Crippen LogP contribution in [0.1, 0.15) is 66.2 Å². The van der Waals surface area contributed by atoms with Crippen LogP contribution in [0.5, 0.6) is 0 Å². The Hall–Kier alpha value is -1.12. The van der Waals surface area contributed by atoms with Gasteiger partial charge in [0.1, 0.15) is 11.9 Å². The van der Waals surface area contributed by atoms with E-state index in [1.54, 1.807) is 0 Å². The monoisotopic (exact) mass is 280 g/mol. The average Bonchev–Trinajstić information content (AvgIpc) is 2.45. The zero-order valence-corrected chi connectivity index (χ0v) is 13.3. The molecular weight excluding hydrogens is 252 g/mol. The Bertz CT molecular complexity index is 370. The minimum absolute atomic E-state index is 0.00259. The summed E-state index contributed by atoms with van der Waals surface area (Å²) >= 11 is 0. The Labute approximate surface area is 122 Å². The second-order valence-electron chi connectivity index (χ2n) is 6.49. The van der Waals surface area contributed by atoms with Crippen LogP contribution in [0.25, 0.3) is 0 Å². The van der Waals surface area contributed by atoms with Crippen LogP contribution in [0.2, 0.25) is 0 Å². The van der Waals surface area contributed by atoms with E-state index in [4.69, 9.17) is 4.74 Å². The normalized spacial score (nSPS) is 27.5. The lowest BCUT2D eigenvalue weighted by Crippen LogP contribution is -2.42. The number of ether oxygens (including phenoxy) is 1. The molecule has 2 unspecified atom stereocenters. The molecule has 0 radical (unpaired) electrons. The van der Waals surface area contributed by atoms with Crippen molar-refractivity contribution < 1.29 is 14.3 Å². The van der Waals surface area contributed by atoms with Crippen molar-refractivity contribution in [2.75, 3.05) is 0 Å². The molecule has 0 saturated heterocycles. The van der Waals surface area contributed by atoms with Gasteiger partial charge in [0.2, 0.25) is 0 Å². The first kappa shape index (κ1) is 16.9. The predicted octanol–water partition coefficient (Wildman–Crippen LogP) is 4.06. The number of carbonyl (C=O) groups excluding carboxylic acids is 2. The molecule has 20 heavy (non-hydrogen) atoms. The number of rotatable bonds is 6. The fourth-order valence-electron chi connectivity index (χ4n) is 2.51. The van der Waals surface area contributed by atoms with Crippen LogP contribution in [-0.2, 0) is 14.3 Å². The Kier molecular flexibility index (Phi) is 5.97. The molecule has 0 bridgehead atoms. The van der Waals surface area contributed by atoms with Gasteiger partial charge in [-0.15, -0.1) is 0 Å². The van der Waals surface area contributed by atoms with Gasteiger partial charge in [0.15, 0.2) is 0 Å². The van der Waals surface area contributed by atoms with Crippen molar-refractivity contribution in [2.24, 2.45) is 11.3 Å². The lowest BCUT2D eigenvalue weighted by atomic mass is 9.77. The number of hydrogen-bond acceptors (Lipinski definition) is 3. The van der Waals surface area contributed by atoms with Gasteiger partial charge < -0.3 is 9.53 Å². The third-order valence-electron chi connectivity index (χ3n) is 4.36. The molecular formula is C17H28O3. The number of hydrogen-bond donors (Lipinski definition) is 0. The van der Waals surface area contributed by atoms with Crippen LogP contribution in [-0.4, -0.2) is 17.9 Å². The highest BCUT2D eigenvalue weighted by Gasteiger charge is 2.40. The van der Waals surface area contributed by atoms with Crippen molar-refractivity contribution >= 4 is 12.3 Å². The topological polar surface area (TPSA) is 43.4 Å². The van der Waals surface area contributed by atoms with Crippen molar-refractivity contribution in [1.29, 1.82) is 0 Å². The second kappa shape index (κ2) is 7.05. The lowest BCUT2D eigenvalue weighted by Gasteiger charge is -2.39. The van der Waals surface area contributed by atoms with E-state index >= 15 is 0 Å². The fourth-order valence-corrected chi connectivity index (χ4v) is 2.51. The SMILES string of the molecule is CC/C=C\C1(OC(=O)C(C)(C)CC)CCCC(C=O)C1. The molecule has 0 heterocycles. The van der Waals surface area contributed by atoms with E-state index in [0.717, 1.165) is 38.4 Å². The van der Waals surface area contributed by atoms with Gasteiger partial charge in [-0.05, 0) is 52.0 Å². The van der Waals surface area contributed by atoms with E-state index in [9.17, 15) is 9.59 Å². The summed E-state index contributed by atoms with van der Waals surface area (Å²) in [5.41, 5.74) is -1.05. The molecule has 0 N–H and O–H groups in total. The van der Waals surface area contributed by atoms with E-state index in [-0.39, 0.29) is 11.9 Å². The zero-order chi connectivity index (χ0) is 15.2. The van der Waals surface area contributed by atoms with Crippen molar-refractivity contribution in [3.8, 4) is 0 Å². The molecule has 1 rings (SSSR count). The predicted molar refractivity (Wildman–Crippen MR) is 80.3 cm³/mol. The second-order valence-corrected chi connectivity index (χ2v) is 6.49. The van der Waals surface area contributed by atoms with E-state index in [0.29, 0.717) is 6.42 Å². The molecule has 1 aliphatic carbocycles. The van der Waals surface area contributed by atoms with Crippen molar-refractivity contribution in [3.63, 3.8) is 0 Å². The molecule has 1 fully saturated rings. The van der Waals surface area contributed by atoms with Gasteiger partial charge >= 0.3 is 5.97 Å². The highest BCUT2D eigenvalue weighted by molar-refractivity contribution is 5.76. The maximum Gasteiger partial charge on any atom is 0.312 e. The van der Waals surface area contributed by atoms with Crippen molar-refractivity contribution in [1.82, 2.24) is 0 Å². The summed E-state index contributed by atoms with van der Waals surface area (Å²) in [6.07, 6.45) is 9.98. The Morgan fingerprint density at radius 2 is 2.10 bits per heavy atom. The molecule has 0 aromatic rings. The van der Waals surface area contributed by atoms with Crippen LogP contribution < -0.4 is 0 Å². The number of allylic oxidation sites excluding steroid dienone is 1. The van der Waals surface area contributed by atoms with E-state index in [1.807, 2.05) is 32.9 Å². The highest BCUT2D eigenvalue weighted by Crippen LogP contribution is 2.38. The van der Waals surface area contributed by atoms with E-state index < -0.39 is 11.0 Å². The molecule has 0 aromatic heterocycles. The van der Waals surface area contributed by atoms with E-state index in [2.05, 4.69) is 6.92 Å². The molecule has 3 nitrogen and oxygen atoms in total. The number of esters is 1. The van der Waals surface area contributed by atoms with Crippen LogP contribution in [0.15, 0.2) is 12.2 Å². The largest absolute Gasteiger partial charge is 0.454 e. The summed E-state index contributed by atoms with van der Waals surface area (Å²) < 4.78 is 5.88. The van der Waals surface area contributed by atoms with Gasteiger partial charge in [-0.1, -0.05) is 19.9 Å². The highest BCUT2D eigenvalue weighted by atomic mass is 16.6. The molecule has 1 aliphatic rings. The minimum Gasteiger partial charge on any atom is -0.454 e. The van der Waals surface area contributed by atoms with Crippen LogP contribution in [0.3, 0.4) is 0 Å². The van der Waals surface area contributed by atoms with Gasteiger partial charge in [-0.2, -0.15) is 0 Å². The smallest absolute Gasteiger partial charge is 0.312 e. The van der Waals surface area contributed by atoms with Crippen molar-refractivity contribution in [2.45, 2.75) is 71.8 Å². The summed E-state index contributed by atoms with van der Waals surface area (Å²) in [5.74, 6) is -0.157. The summed E-state index contributed by atoms with van der Waals surface area (Å²) in [6.45, 7) is 7.87. The van der Waals surface area contributed by atoms with Crippen molar-refractivity contribution in [3.05, 3.63) is 12.2 Å². The van der Waals surface area contributed by atoms with Gasteiger partial charge in [0.25, 0.3) is 0 Å². The minimum atomic E-state index is -0.580. The van der Waals surface area contributed by atoms with Gasteiger partial charge in [-0.3, -0.25) is 4.79 Å². The van der Waals surface area contributed by atoms with Crippen LogP contribution >= 0.6 is 0 Å². The molecule has 2 atom stereocenters. The standard InChI is InChI=1S/C17H28O3/c1-5-7-10-17(11-8-9-14(12-17)13-18)20-15(19)16(3,4)6-2/h7,10,13-14H,5-6,8-9,11-12H2,1-4H3/b10-7-. The summed E-state index contributed by atoms with van der Waals surface area (Å²) in [5, 5.41) is 0. The first-order valence-electron chi connectivity index (χ1n) is 7.75. The maximum absolute atomic E-state index is 12.4. The van der Waals surface area contributed by atoms with E-state index in [1.165, 1.54) is 0 Å². The summed E-state index contributed by atoms with van der Waals surface area (Å²) in [4.78, 5) is 23.5. The Morgan fingerprint density at radius 3 is 2.65 bits per heavy atom. The van der Waals surface area contributed by atoms with Crippen LogP contribution in [0, 0.1) is 11.3 Å². The molecule has 0 spiro atoms. The Morgan fingerprint density at radius 1 is 1.40 bits per heavy atom. The Balaban J connectivity index is 2.91. The van der Waals surface area contributed by atoms with Gasteiger partial charge in [0, 0.05) is 12.3 Å². The summed E-state index contributed by atoms with van der Waals surface area (Å²) in [7, 11) is 0. The first-order valence-corrected chi connectivity index (χ1v) is 7.75. The molecule has 0 aliphatic heterocycles. The fraction of sp³-hybridized carbons (Fsp3) is 0.765. The molecule has 3 heteroatoms. The molecule has 0 aromatic carbocycles. The van der Waals surface area contributed by atoms with Crippen LogP contribution in [0.4, 0.5) is 0 Å². The summed E-state index contributed by atoms with van der Waals surface area (Å²) in [6, 6.07) is 0. The van der Waals surface area contributed by atoms with Gasteiger partial charge in [0.05, 0.1) is 5.41 Å². The third kappa shape index (κ3) is 4.19. The number of carbonyl (C=O) groups is 2. The molecule has 1 saturated carbocycles. The maximum atomic E-state index is 12.4. The van der Waals surface area contributed by atoms with Gasteiger partial charge in [-0.25, -0.2) is 0 Å². The average molecular weight is 280 g/mol. The molecule has 114 valence electrons. The first-order chi connectivity index (χ1) is 9.39. The molecule has 0 amide bonds. The number of aldehydes is 1.